The minimum absolute atomic E-state index is 0.0142. The van der Waals surface area contributed by atoms with Crippen LogP contribution < -0.4 is 0 Å². The Hall–Kier alpha value is -2.13. The molecule has 2 aromatic carbocycles. The molecular formula is C18H19NO2. The smallest absolute Gasteiger partial charge is 0.227 e. The first-order valence-electron chi connectivity index (χ1n) is 7.31. The number of hydrogen-bond acceptors (Lipinski definition) is 2. The Morgan fingerprint density at radius 1 is 1.05 bits per heavy atom. The van der Waals surface area contributed by atoms with Crippen LogP contribution in [-0.2, 0) is 16.0 Å². The van der Waals surface area contributed by atoms with Gasteiger partial charge in [-0.1, -0.05) is 60.7 Å². The number of ether oxygens (including phenoxy) is 1. The van der Waals surface area contributed by atoms with Gasteiger partial charge < -0.3 is 9.64 Å². The highest BCUT2D eigenvalue weighted by Crippen LogP contribution is 2.22. The van der Waals surface area contributed by atoms with E-state index in [0.29, 0.717) is 26.1 Å². The number of benzene rings is 2. The quantitative estimate of drug-likeness (QED) is 0.866. The van der Waals surface area contributed by atoms with Gasteiger partial charge in [-0.15, -0.1) is 0 Å². The first-order valence-corrected chi connectivity index (χ1v) is 7.31. The molecule has 0 unspecified atom stereocenters. The molecule has 1 saturated heterocycles. The highest BCUT2D eigenvalue weighted by Gasteiger charge is 2.25. The number of carbonyl (C=O) groups is 1. The summed E-state index contributed by atoms with van der Waals surface area (Å²) in [5, 5.41) is 0. The molecule has 3 heteroatoms. The Morgan fingerprint density at radius 3 is 2.43 bits per heavy atom. The van der Waals surface area contributed by atoms with Crippen molar-refractivity contribution in [3.8, 4) is 0 Å². The zero-order valence-electron chi connectivity index (χ0n) is 11.9. The number of carbonyl (C=O) groups excluding carboxylic acids is 1. The fourth-order valence-corrected chi connectivity index (χ4v) is 2.63. The Morgan fingerprint density at radius 2 is 1.71 bits per heavy atom. The number of morpholine rings is 1. The van der Waals surface area contributed by atoms with Crippen LogP contribution in [0.25, 0.3) is 0 Å². The summed E-state index contributed by atoms with van der Waals surface area (Å²) < 4.78 is 5.80. The minimum Gasteiger partial charge on any atom is -0.370 e. The molecule has 0 bridgehead atoms. The van der Waals surface area contributed by atoms with Crippen LogP contribution >= 0.6 is 0 Å². The lowest BCUT2D eigenvalue weighted by molar-refractivity contribution is -0.138. The van der Waals surface area contributed by atoms with E-state index in [1.165, 1.54) is 0 Å². The molecule has 1 aliphatic heterocycles. The molecule has 0 saturated carbocycles. The summed E-state index contributed by atoms with van der Waals surface area (Å²) in [5.74, 6) is 0.172. The predicted octanol–water partition coefficient (Wildman–Crippen LogP) is 2.83. The maximum absolute atomic E-state index is 12.4. The molecule has 0 aliphatic carbocycles. The van der Waals surface area contributed by atoms with Gasteiger partial charge in [0.25, 0.3) is 0 Å². The number of rotatable bonds is 3. The Kier molecular flexibility index (Phi) is 4.31. The summed E-state index contributed by atoms with van der Waals surface area (Å²) in [6.45, 7) is 1.91. The normalized spacial score (nSPS) is 18.5. The van der Waals surface area contributed by atoms with Gasteiger partial charge in [-0.05, 0) is 11.1 Å². The molecule has 1 heterocycles. The third-order valence-corrected chi connectivity index (χ3v) is 3.79. The Labute approximate surface area is 125 Å². The number of amides is 1. The minimum atomic E-state index is -0.0142. The van der Waals surface area contributed by atoms with Crippen molar-refractivity contribution in [1.82, 2.24) is 4.90 Å². The van der Waals surface area contributed by atoms with Crippen LogP contribution in [-0.4, -0.2) is 30.5 Å². The van der Waals surface area contributed by atoms with E-state index in [1.54, 1.807) is 0 Å². The average Bonchev–Trinajstić information content (AvgIpc) is 2.57. The van der Waals surface area contributed by atoms with E-state index in [9.17, 15) is 4.79 Å². The average molecular weight is 281 g/mol. The highest BCUT2D eigenvalue weighted by molar-refractivity contribution is 5.78. The van der Waals surface area contributed by atoms with Crippen molar-refractivity contribution in [3.63, 3.8) is 0 Å². The second-order valence-electron chi connectivity index (χ2n) is 5.27. The van der Waals surface area contributed by atoms with Gasteiger partial charge in [0.1, 0.15) is 6.10 Å². The first kappa shape index (κ1) is 13.8. The van der Waals surface area contributed by atoms with Gasteiger partial charge >= 0.3 is 0 Å². The largest absolute Gasteiger partial charge is 0.370 e. The van der Waals surface area contributed by atoms with E-state index in [4.69, 9.17) is 4.74 Å². The topological polar surface area (TPSA) is 29.5 Å². The van der Waals surface area contributed by atoms with Crippen molar-refractivity contribution in [1.29, 1.82) is 0 Å². The van der Waals surface area contributed by atoms with Crippen molar-refractivity contribution in [2.45, 2.75) is 12.5 Å². The third-order valence-electron chi connectivity index (χ3n) is 3.79. The Balaban J connectivity index is 1.64. The van der Waals surface area contributed by atoms with Gasteiger partial charge in [-0.2, -0.15) is 0 Å². The lowest BCUT2D eigenvalue weighted by Crippen LogP contribution is -2.42. The predicted molar refractivity (Wildman–Crippen MR) is 81.9 cm³/mol. The van der Waals surface area contributed by atoms with E-state index < -0.39 is 0 Å². The standard InChI is InChI=1S/C18H19NO2/c20-18(13-15-7-3-1-4-8-15)19-11-12-21-17(14-19)16-9-5-2-6-10-16/h1-10,17H,11-14H2/t17-/m1/s1. The van der Waals surface area contributed by atoms with Gasteiger partial charge in [-0.25, -0.2) is 0 Å². The monoisotopic (exact) mass is 281 g/mol. The van der Waals surface area contributed by atoms with Crippen molar-refractivity contribution in [2.24, 2.45) is 0 Å². The van der Waals surface area contributed by atoms with E-state index in [1.807, 2.05) is 53.4 Å². The number of hydrogen-bond donors (Lipinski definition) is 0. The molecule has 0 aromatic heterocycles. The summed E-state index contributed by atoms with van der Waals surface area (Å²) in [5.41, 5.74) is 2.19. The molecule has 0 spiro atoms. The van der Waals surface area contributed by atoms with E-state index >= 15 is 0 Å². The van der Waals surface area contributed by atoms with Crippen molar-refractivity contribution >= 4 is 5.91 Å². The van der Waals surface area contributed by atoms with Gasteiger partial charge in [-0.3, -0.25) is 4.79 Å². The second-order valence-corrected chi connectivity index (χ2v) is 5.27. The van der Waals surface area contributed by atoms with Gasteiger partial charge in [0.2, 0.25) is 5.91 Å². The molecule has 1 fully saturated rings. The number of nitrogens with zero attached hydrogens (tertiary/aromatic N) is 1. The summed E-state index contributed by atoms with van der Waals surface area (Å²) in [6.07, 6.45) is 0.446. The molecule has 1 amide bonds. The summed E-state index contributed by atoms with van der Waals surface area (Å²) in [6, 6.07) is 20.0. The van der Waals surface area contributed by atoms with Crippen molar-refractivity contribution < 1.29 is 9.53 Å². The van der Waals surface area contributed by atoms with Gasteiger partial charge in [0.15, 0.2) is 0 Å². The molecule has 0 radical (unpaired) electrons. The molecule has 3 nitrogen and oxygen atoms in total. The zero-order valence-corrected chi connectivity index (χ0v) is 11.9. The van der Waals surface area contributed by atoms with E-state index in [-0.39, 0.29) is 12.0 Å². The van der Waals surface area contributed by atoms with Crippen molar-refractivity contribution in [3.05, 3.63) is 71.8 Å². The van der Waals surface area contributed by atoms with Crippen LogP contribution in [0, 0.1) is 0 Å². The van der Waals surface area contributed by atoms with Crippen LogP contribution in [0.4, 0.5) is 0 Å². The summed E-state index contributed by atoms with van der Waals surface area (Å²) in [4.78, 5) is 14.3. The molecule has 0 N–H and O–H groups in total. The fraction of sp³-hybridized carbons (Fsp3) is 0.278. The molecule has 21 heavy (non-hydrogen) atoms. The molecule has 3 rings (SSSR count). The van der Waals surface area contributed by atoms with Gasteiger partial charge in [0.05, 0.1) is 19.6 Å². The van der Waals surface area contributed by atoms with Crippen LogP contribution in [0.2, 0.25) is 0 Å². The molecule has 1 aliphatic rings. The fourth-order valence-electron chi connectivity index (χ4n) is 2.63. The molecule has 1 atom stereocenters. The SMILES string of the molecule is O=C(Cc1ccccc1)N1CCO[C@@H](c2ccccc2)C1. The maximum atomic E-state index is 12.4. The van der Waals surface area contributed by atoms with Crippen LogP contribution in [0.1, 0.15) is 17.2 Å². The van der Waals surface area contributed by atoms with E-state index in [2.05, 4.69) is 12.1 Å². The Bertz CT molecular complexity index is 583. The third kappa shape index (κ3) is 3.50. The maximum Gasteiger partial charge on any atom is 0.227 e. The van der Waals surface area contributed by atoms with Crippen LogP contribution in [0.3, 0.4) is 0 Å². The highest BCUT2D eigenvalue weighted by atomic mass is 16.5. The summed E-state index contributed by atoms with van der Waals surface area (Å²) in [7, 11) is 0. The molecule has 108 valence electrons. The summed E-state index contributed by atoms with van der Waals surface area (Å²) >= 11 is 0. The lowest BCUT2D eigenvalue weighted by Gasteiger charge is -2.33. The van der Waals surface area contributed by atoms with Gasteiger partial charge in [0, 0.05) is 6.54 Å². The molecular weight excluding hydrogens is 262 g/mol. The van der Waals surface area contributed by atoms with Crippen LogP contribution in [0.15, 0.2) is 60.7 Å². The zero-order chi connectivity index (χ0) is 14.5. The molecule has 2 aromatic rings. The first-order chi connectivity index (χ1) is 10.3. The second kappa shape index (κ2) is 6.55. The van der Waals surface area contributed by atoms with E-state index in [0.717, 1.165) is 11.1 Å². The van der Waals surface area contributed by atoms with Crippen LogP contribution in [0.5, 0.6) is 0 Å². The van der Waals surface area contributed by atoms with Crippen molar-refractivity contribution in [2.75, 3.05) is 19.7 Å². The lowest BCUT2D eigenvalue weighted by atomic mass is 10.1.